The molecule has 0 unspecified atom stereocenters. The second kappa shape index (κ2) is 10.5. The van der Waals surface area contributed by atoms with Crippen LogP contribution in [0.3, 0.4) is 0 Å². The number of aliphatic imine (C=N–C) groups is 1. The molecule has 37 heavy (non-hydrogen) atoms. The van der Waals surface area contributed by atoms with Crippen LogP contribution in [0.1, 0.15) is 53.4 Å². The summed E-state index contributed by atoms with van der Waals surface area (Å²) in [5, 5.41) is 15.5. The molecule has 0 bridgehead atoms. The molecule has 0 radical (unpaired) electrons. The van der Waals surface area contributed by atoms with Gasteiger partial charge in [0, 0.05) is 23.2 Å². The maximum Gasteiger partial charge on any atom is 0.264 e. The molecule has 7 heteroatoms. The molecule has 0 aliphatic carbocycles. The van der Waals surface area contributed by atoms with Gasteiger partial charge < -0.3 is 15.4 Å². The van der Waals surface area contributed by atoms with Gasteiger partial charge in [-0.15, -0.1) is 0 Å². The lowest BCUT2D eigenvalue weighted by Gasteiger charge is -2.19. The van der Waals surface area contributed by atoms with Crippen molar-refractivity contribution in [1.29, 1.82) is 5.26 Å². The summed E-state index contributed by atoms with van der Waals surface area (Å²) in [6, 6.07) is 23.9. The molecule has 3 aromatic rings. The number of fused-ring (bicyclic) bond motifs is 1. The highest BCUT2D eigenvalue weighted by atomic mass is 16.5. The number of hydrogen-bond donors (Lipinski definition) is 2. The van der Waals surface area contributed by atoms with Crippen molar-refractivity contribution in [3.63, 3.8) is 0 Å². The van der Waals surface area contributed by atoms with Crippen LogP contribution in [0.4, 0.5) is 0 Å². The van der Waals surface area contributed by atoms with Crippen molar-refractivity contribution in [2.45, 2.75) is 32.7 Å². The minimum atomic E-state index is -0.544. The number of nitriles is 1. The summed E-state index contributed by atoms with van der Waals surface area (Å²) in [4.78, 5) is 30.5. The van der Waals surface area contributed by atoms with Gasteiger partial charge in [0.2, 0.25) is 0 Å². The number of amides is 2. The number of methoxy groups -OCH3 is 1. The molecular formula is C30H28N4O3. The van der Waals surface area contributed by atoms with Crippen LogP contribution in [-0.2, 0) is 16.8 Å². The lowest BCUT2D eigenvalue weighted by molar-refractivity contribution is -0.117. The Bertz CT molecular complexity index is 1440. The molecule has 7 nitrogen and oxygen atoms in total. The molecule has 0 fully saturated rings. The van der Waals surface area contributed by atoms with Crippen molar-refractivity contribution >= 4 is 23.3 Å². The lowest BCUT2D eigenvalue weighted by atomic mass is 9.87. The molecule has 3 aromatic carbocycles. The second-order valence-electron chi connectivity index (χ2n) is 9.65. The van der Waals surface area contributed by atoms with Crippen molar-refractivity contribution in [2.75, 3.05) is 7.11 Å². The fourth-order valence-corrected chi connectivity index (χ4v) is 3.94. The Hall–Kier alpha value is -4.70. The smallest absolute Gasteiger partial charge is 0.264 e. The maximum atomic E-state index is 13.0. The van der Waals surface area contributed by atoms with Crippen LogP contribution in [-0.4, -0.2) is 24.8 Å². The van der Waals surface area contributed by atoms with Crippen molar-refractivity contribution in [3.8, 4) is 11.8 Å². The fraction of sp³-hybridized carbons (Fsp3) is 0.200. The van der Waals surface area contributed by atoms with Crippen molar-refractivity contribution in [1.82, 2.24) is 10.6 Å². The largest absolute Gasteiger partial charge is 0.497 e. The lowest BCUT2D eigenvalue weighted by Crippen LogP contribution is -2.30. The zero-order valence-corrected chi connectivity index (χ0v) is 21.3. The van der Waals surface area contributed by atoms with Crippen molar-refractivity contribution in [2.24, 2.45) is 4.99 Å². The van der Waals surface area contributed by atoms with Crippen LogP contribution >= 0.6 is 0 Å². The standard InChI is InChI=1S/C30H28N4O3/c1-30(2,3)21-13-11-20(12-14-21)28(35)34-27-24-8-6-5-7-23(24)26(33-27)25(17-31)29(36)32-18-19-9-15-22(37-4)16-10-19/h5-16H,18H2,1-4H3,(H,32,36)(H,33,34,35)/b26-25-. The molecule has 4 rings (SSSR count). The molecule has 2 N–H and O–H groups in total. The highest BCUT2D eigenvalue weighted by Crippen LogP contribution is 2.31. The first-order chi connectivity index (χ1) is 17.7. The summed E-state index contributed by atoms with van der Waals surface area (Å²) in [6.45, 7) is 6.57. The van der Waals surface area contributed by atoms with Crippen molar-refractivity contribution < 1.29 is 14.3 Å². The van der Waals surface area contributed by atoms with E-state index >= 15 is 0 Å². The summed E-state index contributed by atoms with van der Waals surface area (Å²) >= 11 is 0. The normalized spacial score (nSPS) is 13.6. The quantitative estimate of drug-likeness (QED) is 0.397. The summed E-state index contributed by atoms with van der Waals surface area (Å²) < 4.78 is 5.15. The maximum absolute atomic E-state index is 13.0. The van der Waals surface area contributed by atoms with Crippen LogP contribution in [0.2, 0.25) is 0 Å². The van der Waals surface area contributed by atoms with E-state index in [0.29, 0.717) is 28.3 Å². The van der Waals surface area contributed by atoms with E-state index in [1.807, 2.05) is 36.4 Å². The van der Waals surface area contributed by atoms with Gasteiger partial charge in [-0.25, -0.2) is 4.99 Å². The Kier molecular flexibility index (Phi) is 7.21. The number of carbonyl (C=O) groups excluding carboxylic acids is 2. The topological polar surface area (TPSA) is 104 Å². The van der Waals surface area contributed by atoms with Crippen LogP contribution in [0.15, 0.2) is 83.4 Å². The van der Waals surface area contributed by atoms with Gasteiger partial charge in [-0.3, -0.25) is 9.59 Å². The van der Waals surface area contributed by atoms with E-state index in [-0.39, 0.29) is 29.1 Å². The van der Waals surface area contributed by atoms with Gasteiger partial charge in [0.05, 0.1) is 12.8 Å². The molecule has 1 aliphatic heterocycles. The molecule has 0 saturated heterocycles. The zero-order valence-electron chi connectivity index (χ0n) is 21.3. The molecule has 2 amide bonds. The molecular weight excluding hydrogens is 464 g/mol. The van der Waals surface area contributed by atoms with Gasteiger partial charge in [0.15, 0.2) is 0 Å². The second-order valence-corrected chi connectivity index (χ2v) is 9.65. The first-order valence-electron chi connectivity index (χ1n) is 11.9. The summed E-state index contributed by atoms with van der Waals surface area (Å²) in [5.41, 5.74) is 3.80. The number of carbonyl (C=O) groups is 2. The molecule has 1 heterocycles. The van der Waals surface area contributed by atoms with Crippen molar-refractivity contribution in [3.05, 3.63) is 106 Å². The van der Waals surface area contributed by atoms with Gasteiger partial charge in [0.25, 0.3) is 11.8 Å². The van der Waals surface area contributed by atoms with Gasteiger partial charge in [-0.05, 0) is 40.8 Å². The predicted octanol–water partition coefficient (Wildman–Crippen LogP) is 4.73. The summed E-state index contributed by atoms with van der Waals surface area (Å²) in [6.07, 6.45) is 0. The van der Waals surface area contributed by atoms with E-state index in [4.69, 9.17) is 4.74 Å². The third-order valence-electron chi connectivity index (χ3n) is 6.09. The molecule has 0 spiro atoms. The van der Waals surface area contributed by atoms with E-state index in [9.17, 15) is 14.9 Å². The van der Waals surface area contributed by atoms with Gasteiger partial charge in [-0.1, -0.05) is 69.3 Å². The minimum Gasteiger partial charge on any atom is -0.497 e. The number of nitrogens with zero attached hydrogens (tertiary/aromatic N) is 2. The van der Waals surface area contributed by atoms with Gasteiger partial charge >= 0.3 is 0 Å². The molecule has 0 aromatic heterocycles. The Labute approximate surface area is 216 Å². The van der Waals surface area contributed by atoms with E-state index in [0.717, 1.165) is 11.1 Å². The Morgan fingerprint density at radius 3 is 2.19 bits per heavy atom. The Morgan fingerprint density at radius 2 is 1.59 bits per heavy atom. The first kappa shape index (κ1) is 25.4. The van der Waals surface area contributed by atoms with E-state index in [1.54, 1.807) is 49.6 Å². The fourth-order valence-electron chi connectivity index (χ4n) is 3.94. The third kappa shape index (κ3) is 5.60. The summed E-state index contributed by atoms with van der Waals surface area (Å²) in [5.74, 6) is 0.146. The van der Waals surface area contributed by atoms with Crippen LogP contribution in [0.25, 0.3) is 5.70 Å². The summed E-state index contributed by atoms with van der Waals surface area (Å²) in [7, 11) is 1.58. The number of nitrogens with one attached hydrogen (secondary N) is 2. The average molecular weight is 493 g/mol. The number of ether oxygens (including phenoxy) is 1. The highest BCUT2D eigenvalue weighted by molar-refractivity contribution is 6.20. The van der Waals surface area contributed by atoms with Gasteiger partial charge in [-0.2, -0.15) is 5.26 Å². The molecule has 0 saturated carbocycles. The number of benzene rings is 3. The minimum absolute atomic E-state index is 0.0230. The SMILES string of the molecule is COc1ccc(CNC(=O)/C(C#N)=C2\N=C(NC(=O)c3ccc(C(C)(C)C)cc3)c3ccccc32)cc1. The van der Waals surface area contributed by atoms with E-state index < -0.39 is 5.91 Å². The number of amidine groups is 1. The molecule has 0 atom stereocenters. The average Bonchev–Trinajstić information content (AvgIpc) is 3.25. The first-order valence-corrected chi connectivity index (χ1v) is 11.9. The Balaban J connectivity index is 1.57. The van der Waals surface area contributed by atoms with E-state index in [2.05, 4.69) is 36.4 Å². The van der Waals surface area contributed by atoms with E-state index in [1.165, 1.54) is 0 Å². The third-order valence-corrected chi connectivity index (χ3v) is 6.09. The number of hydrogen-bond acceptors (Lipinski definition) is 5. The monoisotopic (exact) mass is 492 g/mol. The molecule has 1 aliphatic rings. The highest BCUT2D eigenvalue weighted by Gasteiger charge is 2.27. The molecule has 186 valence electrons. The Morgan fingerprint density at radius 1 is 0.946 bits per heavy atom. The zero-order chi connectivity index (χ0) is 26.6. The van der Waals surface area contributed by atoms with Crippen LogP contribution < -0.4 is 15.4 Å². The predicted molar refractivity (Wildman–Crippen MR) is 143 cm³/mol. The van der Waals surface area contributed by atoms with Crippen LogP contribution in [0, 0.1) is 11.3 Å². The number of rotatable bonds is 5. The van der Waals surface area contributed by atoms with Crippen LogP contribution in [0.5, 0.6) is 5.75 Å². The van der Waals surface area contributed by atoms with Gasteiger partial charge in [0.1, 0.15) is 23.2 Å².